The van der Waals surface area contributed by atoms with Gasteiger partial charge in [0.05, 0.1) is 22.6 Å². The fraction of sp³-hybridized carbons (Fsp3) is 0.269. The van der Waals surface area contributed by atoms with Crippen molar-refractivity contribution in [1.82, 2.24) is 9.97 Å². The van der Waals surface area contributed by atoms with Crippen molar-refractivity contribution in [2.45, 2.75) is 32.0 Å². The average molecular weight is 467 g/mol. The molecule has 1 saturated heterocycles. The Labute approximate surface area is 193 Å². The summed E-state index contributed by atoms with van der Waals surface area (Å²) in [6, 6.07) is 10.6. The predicted octanol–water partition coefficient (Wildman–Crippen LogP) is 6.28. The van der Waals surface area contributed by atoms with E-state index in [1.54, 1.807) is 36.4 Å². The van der Waals surface area contributed by atoms with Crippen molar-refractivity contribution in [3.8, 4) is 11.3 Å². The van der Waals surface area contributed by atoms with E-state index in [0.29, 0.717) is 53.1 Å². The Balaban J connectivity index is 1.65. The van der Waals surface area contributed by atoms with Crippen LogP contribution in [-0.4, -0.2) is 34.5 Å². The van der Waals surface area contributed by atoms with Gasteiger partial charge in [0.25, 0.3) is 0 Å². The summed E-state index contributed by atoms with van der Waals surface area (Å²) in [7, 11) is 0. The Bertz CT molecular complexity index is 1330. The quantitative estimate of drug-likeness (QED) is 0.336. The molecule has 4 nitrogen and oxygen atoms in total. The van der Waals surface area contributed by atoms with Gasteiger partial charge in [0.2, 0.25) is 0 Å². The fourth-order valence-corrected chi connectivity index (χ4v) is 4.67. The third-order valence-electron chi connectivity index (χ3n) is 6.37. The topological polar surface area (TPSA) is 46.1 Å². The van der Waals surface area contributed by atoms with Crippen LogP contribution in [0.5, 0.6) is 0 Å². The summed E-state index contributed by atoms with van der Waals surface area (Å²) in [4.78, 5) is 23.5. The lowest BCUT2D eigenvalue weighted by Crippen LogP contribution is -2.45. The summed E-state index contributed by atoms with van der Waals surface area (Å²) in [5.41, 5.74) is 2.11. The number of allylic oxidation sites excluding steroid dienone is 2. The number of fused-ring (bicyclic) bond motifs is 2. The average Bonchev–Trinajstić information content (AvgIpc) is 2.82. The molecule has 1 aliphatic carbocycles. The molecule has 3 aromatic rings. The number of halogens is 4. The lowest BCUT2D eigenvalue weighted by Gasteiger charge is -2.42. The summed E-state index contributed by atoms with van der Waals surface area (Å²) in [6.45, 7) is 2.05. The molecule has 8 heteroatoms. The maximum absolute atomic E-state index is 13.6. The van der Waals surface area contributed by atoms with E-state index in [1.807, 2.05) is 4.90 Å². The number of hydrogen-bond acceptors (Lipinski definition) is 4. The van der Waals surface area contributed by atoms with Crippen LogP contribution < -0.4 is 4.90 Å². The van der Waals surface area contributed by atoms with Crippen LogP contribution in [0.4, 0.5) is 23.4 Å². The molecule has 2 unspecified atom stereocenters. The molecule has 0 N–H and O–H groups in total. The van der Waals surface area contributed by atoms with Crippen LogP contribution in [0, 0.1) is 11.7 Å². The largest absolute Gasteiger partial charge is 0.416 e. The normalized spacial score (nSPS) is 20.3. The first-order chi connectivity index (χ1) is 16.2. The zero-order chi connectivity index (χ0) is 24.0. The number of nitrogens with zero attached hydrogens (tertiary/aromatic N) is 3. The molecule has 34 heavy (non-hydrogen) atoms. The van der Waals surface area contributed by atoms with Gasteiger partial charge in [-0.1, -0.05) is 18.2 Å². The molecule has 0 bridgehead atoms. The lowest BCUT2D eigenvalue weighted by molar-refractivity contribution is -0.0890. The molecular weight excluding hydrogens is 446 g/mol. The molecule has 1 fully saturated rings. The molecule has 174 valence electrons. The van der Waals surface area contributed by atoms with Gasteiger partial charge in [0, 0.05) is 23.6 Å². The van der Waals surface area contributed by atoms with Crippen LogP contribution in [0.1, 0.15) is 30.1 Å². The Morgan fingerprint density at radius 3 is 2.53 bits per heavy atom. The number of carbonyl (C=O) groups excluding carboxylic acids is 1. The second kappa shape index (κ2) is 8.34. The molecule has 2 aromatic carbocycles. The molecule has 2 atom stereocenters. The number of benzene rings is 2. The number of ketones is 1. The van der Waals surface area contributed by atoms with Gasteiger partial charge in [-0.2, -0.15) is 13.2 Å². The second-order valence-electron chi connectivity index (χ2n) is 8.63. The van der Waals surface area contributed by atoms with Gasteiger partial charge in [-0.3, -0.25) is 4.79 Å². The van der Waals surface area contributed by atoms with Gasteiger partial charge >= 0.3 is 6.18 Å². The molecule has 1 aliphatic heterocycles. The molecule has 0 radical (unpaired) electrons. The van der Waals surface area contributed by atoms with Crippen LogP contribution in [-0.2, 0) is 0 Å². The highest BCUT2D eigenvalue weighted by Gasteiger charge is 2.39. The summed E-state index contributed by atoms with van der Waals surface area (Å²) in [6.07, 6.45) is 0.934. The number of rotatable bonds is 3. The summed E-state index contributed by atoms with van der Waals surface area (Å²) in [5, 5.41) is 0. The van der Waals surface area contributed by atoms with Crippen molar-refractivity contribution in [2.75, 3.05) is 11.4 Å². The Hall–Kier alpha value is -3.55. The number of Topliss-reactive ketones (excluding diaryl/α,β-unsaturated/α-hetero) is 1. The number of aromatic nitrogens is 2. The monoisotopic (exact) mass is 467 g/mol. The molecule has 1 aromatic heterocycles. The van der Waals surface area contributed by atoms with Crippen LogP contribution in [0.25, 0.3) is 22.3 Å². The Morgan fingerprint density at radius 2 is 1.82 bits per heavy atom. The van der Waals surface area contributed by atoms with Crippen LogP contribution in [0.15, 0.2) is 66.3 Å². The van der Waals surface area contributed by atoms with E-state index < -0.39 is 11.7 Å². The third kappa shape index (κ3) is 4.08. The highest BCUT2D eigenvalue weighted by atomic mass is 19.4. The first kappa shape index (κ1) is 22.3. The maximum Gasteiger partial charge on any atom is 0.416 e. The SMILES string of the molecule is CC(=O)c1ccc2nc(-c3ccc(F)cc3)c(N3CCCC4C=C(C(F)(F)F)C=CC43)nc2c1. The third-order valence-corrected chi connectivity index (χ3v) is 6.37. The smallest absolute Gasteiger partial charge is 0.348 e. The summed E-state index contributed by atoms with van der Waals surface area (Å²) in [5.74, 6) is -0.311. The Kier molecular flexibility index (Phi) is 5.46. The number of hydrogen-bond donors (Lipinski definition) is 0. The van der Waals surface area contributed by atoms with Crippen molar-refractivity contribution >= 4 is 22.6 Å². The van der Waals surface area contributed by atoms with Gasteiger partial charge in [-0.25, -0.2) is 14.4 Å². The molecule has 0 saturated carbocycles. The molecule has 0 spiro atoms. The van der Waals surface area contributed by atoms with Crippen LogP contribution in [0.2, 0.25) is 0 Å². The lowest BCUT2D eigenvalue weighted by atomic mass is 9.83. The fourth-order valence-electron chi connectivity index (χ4n) is 4.67. The zero-order valence-electron chi connectivity index (χ0n) is 18.3. The standard InChI is InChI=1S/C26H21F4N3O/c1-15(34)17-6-10-21-22(14-17)32-25(24(31-21)16-4-8-20(27)9-5-16)33-12-2-3-18-13-19(26(28,29)30)7-11-23(18)33/h4-11,13-14,18,23H,2-3,12H2,1H3. The van der Waals surface area contributed by atoms with Crippen LogP contribution in [0.3, 0.4) is 0 Å². The minimum absolute atomic E-state index is 0.106. The van der Waals surface area contributed by atoms with Crippen molar-refractivity contribution in [1.29, 1.82) is 0 Å². The van der Waals surface area contributed by atoms with Crippen LogP contribution >= 0.6 is 0 Å². The summed E-state index contributed by atoms with van der Waals surface area (Å²) < 4.78 is 53.5. The minimum atomic E-state index is -4.39. The minimum Gasteiger partial charge on any atom is -0.348 e. The summed E-state index contributed by atoms with van der Waals surface area (Å²) >= 11 is 0. The Morgan fingerprint density at radius 1 is 1.06 bits per heavy atom. The van der Waals surface area contributed by atoms with Gasteiger partial charge in [0.15, 0.2) is 11.6 Å². The number of alkyl halides is 3. The van der Waals surface area contributed by atoms with E-state index in [-0.39, 0.29) is 23.6 Å². The molecule has 2 heterocycles. The number of carbonyl (C=O) groups is 1. The first-order valence-electron chi connectivity index (χ1n) is 11.0. The molecule has 0 amide bonds. The molecule has 5 rings (SSSR count). The maximum atomic E-state index is 13.6. The first-order valence-corrected chi connectivity index (χ1v) is 11.0. The van der Waals surface area contributed by atoms with E-state index >= 15 is 0 Å². The van der Waals surface area contributed by atoms with E-state index in [0.717, 1.165) is 6.08 Å². The second-order valence-corrected chi connectivity index (χ2v) is 8.63. The van der Waals surface area contributed by atoms with Gasteiger partial charge in [0.1, 0.15) is 11.5 Å². The van der Waals surface area contributed by atoms with Gasteiger partial charge in [-0.05, 0) is 62.2 Å². The molecular formula is C26H21F4N3O. The van der Waals surface area contributed by atoms with E-state index in [9.17, 15) is 22.4 Å². The predicted molar refractivity (Wildman–Crippen MR) is 122 cm³/mol. The van der Waals surface area contributed by atoms with E-state index in [4.69, 9.17) is 9.97 Å². The van der Waals surface area contributed by atoms with Gasteiger partial charge in [-0.15, -0.1) is 0 Å². The zero-order valence-corrected chi connectivity index (χ0v) is 18.3. The highest BCUT2D eigenvalue weighted by molar-refractivity contribution is 5.97. The number of anilines is 1. The van der Waals surface area contributed by atoms with Crippen molar-refractivity contribution in [2.24, 2.45) is 5.92 Å². The highest BCUT2D eigenvalue weighted by Crippen LogP contribution is 2.40. The van der Waals surface area contributed by atoms with Crippen molar-refractivity contribution in [3.05, 3.63) is 77.6 Å². The number of piperidine rings is 1. The van der Waals surface area contributed by atoms with E-state index in [2.05, 4.69) is 0 Å². The van der Waals surface area contributed by atoms with Gasteiger partial charge < -0.3 is 4.90 Å². The van der Waals surface area contributed by atoms with Crippen molar-refractivity contribution in [3.63, 3.8) is 0 Å². The van der Waals surface area contributed by atoms with E-state index in [1.165, 1.54) is 25.1 Å². The molecule has 2 aliphatic rings. The van der Waals surface area contributed by atoms with Crippen molar-refractivity contribution < 1.29 is 22.4 Å².